The fourth-order valence-corrected chi connectivity index (χ4v) is 13.0. The normalized spacial score (nSPS) is 18.8. The standard InChI is InChI=1S/C69H110N12O14/c1-16-43(8)60(79(13)67(90)58(41(4)5)77-66(89)59(42(6)7)78(11)12)53(94-14)38-56(84)81-34-21-25-52(81)61(95-15)45(10)62(85)75-51(37-46-22-18-17-19-23-46)63(86)72-39-47-26-28-49(29-27-47)73-64(87)50(24-20-33-71-69(70)93)74-65(88)57(40(2)3)76-54(82)30-31-55(83)80-35-32-48(68(91)92)36-44(80)9/h17-19,22-23,26-29,40-45,48,50-53,57-61H,16,20-21,24-25,30-39H2,1-15H3,(H,72,86)(H,73,87)(H,74,88)(H,75,85)(H,76,82)(H,77,89)(H,91,92)(H3,70,71,93)/t43-,44?,45+,48?,50-,51-,52-,53+,57-,58-,59-,60-,61+/m0/s1. The Kier molecular flexibility index (Phi) is 32.5. The van der Waals surface area contributed by atoms with Gasteiger partial charge in [-0.2, -0.15) is 0 Å². The van der Waals surface area contributed by atoms with E-state index in [0.29, 0.717) is 49.9 Å². The van der Waals surface area contributed by atoms with Crippen LogP contribution in [0.5, 0.6) is 0 Å². The lowest BCUT2D eigenvalue weighted by molar-refractivity contribution is -0.148. The Morgan fingerprint density at radius 1 is 0.674 bits per heavy atom. The first-order valence-corrected chi connectivity index (χ1v) is 33.6. The summed E-state index contributed by atoms with van der Waals surface area (Å²) in [6.07, 6.45) is 0.993. The topological polar surface area (TPSA) is 350 Å². The molecule has 13 atom stereocenters. The molecule has 2 aliphatic rings. The van der Waals surface area contributed by atoms with Gasteiger partial charge in [0.25, 0.3) is 0 Å². The molecular formula is C69H110N12O14. The maximum Gasteiger partial charge on any atom is 0.312 e. The number of aliphatic carboxylic acids is 1. The molecule has 2 aromatic rings. The van der Waals surface area contributed by atoms with Crippen molar-refractivity contribution in [1.29, 1.82) is 0 Å². The van der Waals surface area contributed by atoms with E-state index in [1.54, 1.807) is 73.7 Å². The summed E-state index contributed by atoms with van der Waals surface area (Å²) in [6.45, 7) is 19.4. The summed E-state index contributed by atoms with van der Waals surface area (Å²) in [4.78, 5) is 155. The van der Waals surface area contributed by atoms with Gasteiger partial charge < -0.3 is 72.2 Å². The number of hydrogen-bond acceptors (Lipinski definition) is 14. The van der Waals surface area contributed by atoms with Crippen LogP contribution in [0.3, 0.4) is 0 Å². The van der Waals surface area contributed by atoms with Gasteiger partial charge in [0, 0.05) is 78.4 Å². The van der Waals surface area contributed by atoms with E-state index < -0.39 is 114 Å². The van der Waals surface area contributed by atoms with Crippen molar-refractivity contribution in [3.8, 4) is 0 Å². The third-order valence-electron chi connectivity index (χ3n) is 18.5. The highest BCUT2D eigenvalue weighted by Gasteiger charge is 2.44. The number of piperidine rings is 1. The van der Waals surface area contributed by atoms with Crippen LogP contribution in [0.4, 0.5) is 10.5 Å². The average molecular weight is 1330 g/mol. The smallest absolute Gasteiger partial charge is 0.312 e. The summed E-state index contributed by atoms with van der Waals surface area (Å²) in [5.74, 6) is -6.90. The minimum Gasteiger partial charge on any atom is -0.481 e. The molecule has 2 unspecified atom stereocenters. The predicted octanol–water partition coefficient (Wildman–Crippen LogP) is 4.18. The number of carboxylic acids is 1. The SMILES string of the molecule is CC[C@H](C)[C@@H]([C@@H](CC(=O)N1CCC[C@H]1[C@H](OC)[C@@H](C)C(=O)N[C@@H](Cc1ccccc1)C(=O)NCc1ccc(NC(=O)[C@H](CCCNC(N)=O)NC(=O)[C@@H](NC(=O)CCC(=O)N2CCC(C(=O)O)CC2C)C(C)C)cc1)OC)N(C)C(=O)[C@@H](NC(=O)[C@H](C(C)C)N(C)C)C(C)C. The summed E-state index contributed by atoms with van der Waals surface area (Å²) in [5.41, 5.74) is 7.05. The Morgan fingerprint density at radius 2 is 1.32 bits per heavy atom. The molecule has 10 N–H and O–H groups in total. The molecule has 0 spiro atoms. The largest absolute Gasteiger partial charge is 0.481 e. The van der Waals surface area contributed by atoms with Gasteiger partial charge in [-0.1, -0.05) is 111 Å². The molecule has 2 aliphatic heterocycles. The number of anilines is 1. The van der Waals surface area contributed by atoms with E-state index in [1.807, 2.05) is 90.9 Å². The number of ether oxygens (including phenoxy) is 2. The number of urea groups is 1. The Bertz CT molecular complexity index is 2870. The number of methoxy groups -OCH3 is 2. The van der Waals surface area contributed by atoms with E-state index in [2.05, 4.69) is 37.2 Å². The lowest BCUT2D eigenvalue weighted by Crippen LogP contribution is -2.59. The monoisotopic (exact) mass is 1330 g/mol. The van der Waals surface area contributed by atoms with Gasteiger partial charge in [0.15, 0.2) is 0 Å². The van der Waals surface area contributed by atoms with Crippen LogP contribution in [0.2, 0.25) is 0 Å². The van der Waals surface area contributed by atoms with Crippen LogP contribution >= 0.6 is 0 Å². The van der Waals surface area contributed by atoms with Crippen molar-refractivity contribution in [1.82, 2.24) is 51.5 Å². The van der Waals surface area contributed by atoms with Crippen LogP contribution in [0.15, 0.2) is 54.6 Å². The highest BCUT2D eigenvalue weighted by Crippen LogP contribution is 2.31. The van der Waals surface area contributed by atoms with E-state index in [4.69, 9.17) is 15.2 Å². The molecule has 0 saturated carbocycles. The van der Waals surface area contributed by atoms with Gasteiger partial charge in [-0.25, -0.2) is 4.79 Å². The molecule has 0 radical (unpaired) electrons. The number of likely N-dealkylation sites (tertiary alicyclic amines) is 2. The molecule has 26 nitrogen and oxygen atoms in total. The zero-order valence-electron chi connectivity index (χ0n) is 58.7. The Morgan fingerprint density at radius 3 is 1.87 bits per heavy atom. The zero-order valence-corrected chi connectivity index (χ0v) is 58.7. The number of benzene rings is 2. The van der Waals surface area contributed by atoms with Crippen molar-refractivity contribution >= 4 is 70.9 Å². The fraction of sp³-hybridized carbons (Fsp3) is 0.667. The Balaban J connectivity index is 1.44. The number of nitrogens with zero attached hydrogens (tertiary/aromatic N) is 4. The average Bonchev–Trinajstić information content (AvgIpc) is 1.81. The number of nitrogens with one attached hydrogen (secondary N) is 7. The molecule has 2 heterocycles. The van der Waals surface area contributed by atoms with Gasteiger partial charge in [-0.3, -0.25) is 52.8 Å². The molecule has 0 aromatic heterocycles. The van der Waals surface area contributed by atoms with E-state index in [1.165, 1.54) is 14.2 Å². The van der Waals surface area contributed by atoms with Crippen molar-refractivity contribution < 1.29 is 67.3 Å². The Labute approximate surface area is 561 Å². The van der Waals surface area contributed by atoms with Crippen molar-refractivity contribution in [2.24, 2.45) is 41.2 Å². The van der Waals surface area contributed by atoms with E-state index in [0.717, 1.165) is 5.56 Å². The van der Waals surface area contributed by atoms with Gasteiger partial charge in [0.2, 0.25) is 53.2 Å². The molecule has 2 saturated heterocycles. The van der Waals surface area contributed by atoms with Crippen LogP contribution < -0.4 is 43.0 Å². The van der Waals surface area contributed by atoms with Crippen LogP contribution in [0.1, 0.15) is 145 Å². The first-order chi connectivity index (χ1) is 44.8. The first kappa shape index (κ1) is 79.7. The summed E-state index contributed by atoms with van der Waals surface area (Å²) >= 11 is 0. The molecule has 2 aromatic carbocycles. The van der Waals surface area contributed by atoms with Gasteiger partial charge in [0.1, 0.15) is 24.2 Å². The molecule has 0 bridgehead atoms. The third-order valence-corrected chi connectivity index (χ3v) is 18.5. The van der Waals surface area contributed by atoms with Crippen LogP contribution in [0.25, 0.3) is 0 Å². The number of carbonyl (C=O) groups excluding carboxylic acids is 10. The van der Waals surface area contributed by atoms with Crippen LogP contribution in [0, 0.1) is 35.5 Å². The lowest BCUT2D eigenvalue weighted by atomic mass is 9.89. The number of rotatable bonds is 37. The van der Waals surface area contributed by atoms with E-state index >= 15 is 0 Å². The van der Waals surface area contributed by atoms with E-state index in [-0.39, 0.29) is 106 Å². The second-order valence-electron chi connectivity index (χ2n) is 26.9. The second-order valence-corrected chi connectivity index (χ2v) is 26.9. The first-order valence-electron chi connectivity index (χ1n) is 33.6. The minimum atomic E-state index is -1.14. The molecule has 26 heteroatoms. The minimum absolute atomic E-state index is 0.00818. The molecule has 0 aliphatic carbocycles. The second kappa shape index (κ2) is 38.7. The molecular weight excluding hydrogens is 1220 g/mol. The van der Waals surface area contributed by atoms with Crippen LogP contribution in [-0.4, -0.2) is 205 Å². The van der Waals surface area contributed by atoms with Gasteiger partial charge in [-0.15, -0.1) is 0 Å². The number of carboxylic acid groups (broad SMARTS) is 1. The van der Waals surface area contributed by atoms with Crippen molar-refractivity contribution in [2.45, 2.75) is 207 Å². The predicted molar refractivity (Wildman–Crippen MR) is 360 cm³/mol. The highest BCUT2D eigenvalue weighted by atomic mass is 16.5. The van der Waals surface area contributed by atoms with Crippen molar-refractivity contribution in [3.05, 3.63) is 65.7 Å². The van der Waals surface area contributed by atoms with Gasteiger partial charge >= 0.3 is 12.0 Å². The zero-order chi connectivity index (χ0) is 71.0. The molecule has 2 fully saturated rings. The lowest BCUT2D eigenvalue weighted by Gasteiger charge is -2.41. The number of amides is 11. The number of hydrogen-bond donors (Lipinski definition) is 9. The Hall–Kier alpha value is -7.71. The maximum atomic E-state index is 14.6. The highest BCUT2D eigenvalue weighted by molar-refractivity contribution is 5.99. The molecule has 95 heavy (non-hydrogen) atoms. The van der Waals surface area contributed by atoms with E-state index in [9.17, 15) is 57.8 Å². The number of likely N-dealkylation sites (N-methyl/N-ethyl adjacent to an activating group) is 2. The summed E-state index contributed by atoms with van der Waals surface area (Å²) in [5, 5.41) is 29.1. The molecule has 11 amide bonds. The van der Waals surface area contributed by atoms with Crippen molar-refractivity contribution in [3.63, 3.8) is 0 Å². The van der Waals surface area contributed by atoms with Crippen molar-refractivity contribution in [2.75, 3.05) is 60.3 Å². The number of primary amides is 1. The maximum absolute atomic E-state index is 14.6. The fourth-order valence-electron chi connectivity index (χ4n) is 13.0. The van der Waals surface area contributed by atoms with Gasteiger partial charge in [0.05, 0.1) is 48.6 Å². The van der Waals surface area contributed by atoms with Crippen LogP contribution in [-0.2, 0) is 70.4 Å². The molecule has 530 valence electrons. The molecule has 4 rings (SSSR count). The third kappa shape index (κ3) is 23.9. The summed E-state index contributed by atoms with van der Waals surface area (Å²) in [6, 6.07) is 9.14. The number of carbonyl (C=O) groups is 11. The summed E-state index contributed by atoms with van der Waals surface area (Å²) in [7, 11) is 8.38. The summed E-state index contributed by atoms with van der Waals surface area (Å²) < 4.78 is 12.2. The number of nitrogens with two attached hydrogens (primary N) is 1. The van der Waals surface area contributed by atoms with Gasteiger partial charge in [-0.05, 0) is 106 Å². The quantitative estimate of drug-likeness (QED) is 0.0429.